The van der Waals surface area contributed by atoms with Crippen molar-refractivity contribution in [3.63, 3.8) is 0 Å². The van der Waals surface area contributed by atoms with E-state index in [0.717, 1.165) is 35.1 Å². The number of amides is 1. The van der Waals surface area contributed by atoms with Crippen LogP contribution in [-0.4, -0.2) is 28.8 Å². The molecule has 1 aliphatic heterocycles. The molecular weight excluding hydrogens is 559 g/mol. The van der Waals surface area contributed by atoms with Crippen molar-refractivity contribution in [2.75, 3.05) is 0 Å². The molecule has 0 bridgehead atoms. The minimum atomic E-state index is -0.545. The third-order valence-electron chi connectivity index (χ3n) is 8.96. The van der Waals surface area contributed by atoms with E-state index in [0.29, 0.717) is 17.5 Å². The number of benzene rings is 4. The molecule has 0 spiro atoms. The summed E-state index contributed by atoms with van der Waals surface area (Å²) in [6, 6.07) is 32.8. The van der Waals surface area contributed by atoms with Crippen molar-refractivity contribution in [1.29, 1.82) is 0 Å². The fraction of sp³-hybridized carbons (Fsp3) is 0.350. The van der Waals surface area contributed by atoms with Gasteiger partial charge in [0.05, 0.1) is 0 Å². The van der Waals surface area contributed by atoms with E-state index < -0.39 is 11.8 Å². The number of carbonyl (C=O) groups is 2. The third-order valence-corrected chi connectivity index (χ3v) is 8.96. The van der Waals surface area contributed by atoms with E-state index in [2.05, 4.69) is 62.6 Å². The Morgan fingerprint density at radius 3 is 1.93 bits per heavy atom. The molecule has 0 unspecified atom stereocenters. The number of halogens is 1. The molecule has 1 heterocycles. The Labute approximate surface area is 267 Å². The maximum Gasteiger partial charge on any atom is 0.224 e. The van der Waals surface area contributed by atoms with Crippen LogP contribution < -0.4 is 10.6 Å². The summed E-state index contributed by atoms with van der Waals surface area (Å²) < 4.78 is 15.2. The van der Waals surface area contributed by atoms with E-state index in [1.807, 2.05) is 66.7 Å². The fourth-order valence-corrected chi connectivity index (χ4v) is 7.01. The van der Waals surface area contributed by atoms with Gasteiger partial charge >= 0.3 is 0 Å². The summed E-state index contributed by atoms with van der Waals surface area (Å²) in [5, 5.41) is 6.99. The number of nitrogens with one attached hydrogen (secondary N) is 2. The van der Waals surface area contributed by atoms with Crippen LogP contribution >= 0.6 is 0 Å². The molecule has 2 N–H and O–H groups in total. The smallest absolute Gasteiger partial charge is 0.224 e. The highest BCUT2D eigenvalue weighted by Crippen LogP contribution is 2.31. The molecule has 1 fully saturated rings. The van der Waals surface area contributed by atoms with Gasteiger partial charge in [-0.25, -0.2) is 4.39 Å². The number of rotatable bonds is 10. The second-order valence-corrected chi connectivity index (χ2v) is 14.0. The maximum atomic E-state index is 15.2. The van der Waals surface area contributed by atoms with Crippen molar-refractivity contribution in [1.82, 2.24) is 10.6 Å². The van der Waals surface area contributed by atoms with Crippen LogP contribution in [0.25, 0.3) is 22.3 Å². The molecule has 4 nitrogen and oxygen atoms in total. The molecule has 0 aromatic heterocycles. The Hall–Kier alpha value is -4.09. The largest absolute Gasteiger partial charge is 0.353 e. The lowest BCUT2D eigenvalue weighted by Crippen LogP contribution is -2.62. The van der Waals surface area contributed by atoms with Crippen molar-refractivity contribution >= 4 is 11.7 Å². The van der Waals surface area contributed by atoms with Crippen LogP contribution in [0.15, 0.2) is 103 Å². The molecule has 5 rings (SSSR count). The second kappa shape index (κ2) is 13.5. The number of Topliss-reactive ketones (excluding diaryl/α,β-unsaturated/α-hetero) is 1. The van der Waals surface area contributed by atoms with E-state index in [-0.39, 0.29) is 41.0 Å². The van der Waals surface area contributed by atoms with Gasteiger partial charge in [-0.2, -0.15) is 0 Å². The standard InChI is InChI=1S/C40H45FN2O2/c1-27(32-20-21-35(36(41)23-32)31-14-10-7-11-15-31)37(44)24-33(38(45)42-34-25-39(2,3)43-40(4,5)26-34)22-28-16-18-30(19-17-28)29-12-8-6-9-13-29/h6-21,23,27,33-34,43H,22,24-26H2,1-5H3,(H,42,45)/t27-,33+/m1/s1. The number of piperidine rings is 1. The molecule has 0 saturated carbocycles. The summed E-state index contributed by atoms with van der Waals surface area (Å²) in [6.07, 6.45) is 2.13. The van der Waals surface area contributed by atoms with Crippen LogP contribution in [0, 0.1) is 11.7 Å². The first-order chi connectivity index (χ1) is 21.4. The minimum absolute atomic E-state index is 0.00106. The minimum Gasteiger partial charge on any atom is -0.353 e. The zero-order chi connectivity index (χ0) is 32.2. The van der Waals surface area contributed by atoms with Gasteiger partial charge in [0, 0.05) is 40.9 Å². The normalized spacial score (nSPS) is 17.3. The average Bonchev–Trinajstić information content (AvgIpc) is 3.00. The first kappa shape index (κ1) is 32.3. The van der Waals surface area contributed by atoms with Crippen molar-refractivity contribution < 1.29 is 14.0 Å². The second-order valence-electron chi connectivity index (χ2n) is 14.0. The fourth-order valence-electron chi connectivity index (χ4n) is 7.01. The van der Waals surface area contributed by atoms with Gasteiger partial charge in [0.1, 0.15) is 11.6 Å². The Kier molecular flexibility index (Phi) is 9.69. The van der Waals surface area contributed by atoms with Gasteiger partial charge < -0.3 is 10.6 Å². The van der Waals surface area contributed by atoms with E-state index >= 15 is 4.39 Å². The van der Waals surface area contributed by atoms with Crippen LogP contribution in [0.1, 0.15) is 70.9 Å². The summed E-state index contributed by atoms with van der Waals surface area (Å²) in [6.45, 7) is 10.4. The van der Waals surface area contributed by atoms with Gasteiger partial charge in [-0.15, -0.1) is 0 Å². The van der Waals surface area contributed by atoms with Gasteiger partial charge in [0.2, 0.25) is 5.91 Å². The van der Waals surface area contributed by atoms with E-state index in [1.54, 1.807) is 13.0 Å². The van der Waals surface area contributed by atoms with Crippen LogP contribution in [0.5, 0.6) is 0 Å². The molecule has 2 atom stereocenters. The zero-order valence-electron chi connectivity index (χ0n) is 27.1. The van der Waals surface area contributed by atoms with Gasteiger partial charge in [-0.1, -0.05) is 104 Å². The monoisotopic (exact) mass is 604 g/mol. The molecule has 4 aromatic carbocycles. The average molecular weight is 605 g/mol. The zero-order valence-corrected chi connectivity index (χ0v) is 27.1. The van der Waals surface area contributed by atoms with Crippen molar-refractivity contribution in [2.45, 2.75) is 83.3 Å². The number of ketones is 1. The molecule has 234 valence electrons. The summed E-state index contributed by atoms with van der Waals surface area (Å²) in [5.74, 6) is -1.63. The van der Waals surface area contributed by atoms with E-state index in [1.165, 1.54) is 6.07 Å². The van der Waals surface area contributed by atoms with Gasteiger partial charge in [0.25, 0.3) is 0 Å². The molecule has 45 heavy (non-hydrogen) atoms. The van der Waals surface area contributed by atoms with Crippen LogP contribution in [0.3, 0.4) is 0 Å². The third kappa shape index (κ3) is 8.34. The molecule has 0 radical (unpaired) electrons. The lowest BCUT2D eigenvalue weighted by atomic mass is 9.79. The van der Waals surface area contributed by atoms with Gasteiger partial charge in [0.15, 0.2) is 0 Å². The predicted octanol–water partition coefficient (Wildman–Crippen LogP) is 8.51. The van der Waals surface area contributed by atoms with Crippen LogP contribution in [-0.2, 0) is 16.0 Å². The van der Waals surface area contributed by atoms with E-state index in [9.17, 15) is 9.59 Å². The maximum absolute atomic E-state index is 15.2. The SMILES string of the molecule is C[C@@H](C(=O)C[C@H](Cc1ccc(-c2ccccc2)cc1)C(=O)NC1CC(C)(C)NC(C)(C)C1)c1ccc(-c2ccccc2)c(F)c1. The van der Waals surface area contributed by atoms with Crippen molar-refractivity contribution in [3.05, 3.63) is 120 Å². The molecule has 0 aliphatic carbocycles. The van der Waals surface area contributed by atoms with Gasteiger partial charge in [-0.3, -0.25) is 9.59 Å². The number of carbonyl (C=O) groups excluding carboxylic acids is 2. The summed E-state index contributed by atoms with van der Waals surface area (Å²) in [4.78, 5) is 27.7. The highest BCUT2D eigenvalue weighted by atomic mass is 19.1. The van der Waals surface area contributed by atoms with Crippen molar-refractivity contribution in [2.24, 2.45) is 5.92 Å². The number of hydrogen-bond donors (Lipinski definition) is 2. The Morgan fingerprint density at radius 2 is 1.36 bits per heavy atom. The lowest BCUT2D eigenvalue weighted by Gasteiger charge is -2.46. The summed E-state index contributed by atoms with van der Waals surface area (Å²) >= 11 is 0. The molecule has 4 aromatic rings. The first-order valence-corrected chi connectivity index (χ1v) is 16.0. The Morgan fingerprint density at radius 1 is 0.800 bits per heavy atom. The molecule has 1 saturated heterocycles. The van der Waals surface area contributed by atoms with Crippen molar-refractivity contribution in [3.8, 4) is 22.3 Å². The van der Waals surface area contributed by atoms with Gasteiger partial charge in [-0.05, 0) is 80.8 Å². The molecule has 5 heteroatoms. The topological polar surface area (TPSA) is 58.2 Å². The van der Waals surface area contributed by atoms with Crippen LogP contribution in [0.2, 0.25) is 0 Å². The summed E-state index contributed by atoms with van der Waals surface area (Å²) in [7, 11) is 0. The quantitative estimate of drug-likeness (QED) is 0.191. The number of hydrogen-bond acceptors (Lipinski definition) is 3. The molecular formula is C40H45FN2O2. The summed E-state index contributed by atoms with van der Waals surface area (Å²) in [5.41, 5.74) is 4.90. The highest BCUT2D eigenvalue weighted by Gasteiger charge is 2.39. The Balaban J connectivity index is 1.35. The molecule has 1 amide bonds. The van der Waals surface area contributed by atoms with Crippen LogP contribution in [0.4, 0.5) is 4.39 Å². The molecule has 1 aliphatic rings. The predicted molar refractivity (Wildman–Crippen MR) is 181 cm³/mol. The van der Waals surface area contributed by atoms with E-state index in [4.69, 9.17) is 0 Å². The Bertz CT molecular complexity index is 1600. The lowest BCUT2D eigenvalue weighted by molar-refractivity contribution is -0.130. The highest BCUT2D eigenvalue weighted by molar-refractivity contribution is 5.91. The first-order valence-electron chi connectivity index (χ1n) is 16.0.